The molecule has 1 aromatic heterocycles. The highest BCUT2D eigenvalue weighted by Gasteiger charge is 2.07. The molecule has 0 amide bonds. The molecule has 0 unspecified atom stereocenters. The Bertz CT molecular complexity index is 889. The third kappa shape index (κ3) is 4.34. The molecule has 0 atom stereocenters. The highest BCUT2D eigenvalue weighted by Crippen LogP contribution is 2.30. The van der Waals surface area contributed by atoms with Crippen LogP contribution >= 0.6 is 11.6 Å². The molecule has 0 radical (unpaired) electrons. The van der Waals surface area contributed by atoms with Gasteiger partial charge in [0.05, 0.1) is 19.9 Å². The average molecular weight is 371 g/mol. The standard InChI is InChI=1S/C19H19ClN4O2/c1-25-16-6-4-3-5-13(16)12-22-19-21-10-9-18(24-19)23-15-11-14(20)7-8-17(15)26-2/h3-11H,12H2,1-2H3,(H2,21,22,23,24). The Kier molecular flexibility index (Phi) is 5.76. The van der Waals surface area contributed by atoms with E-state index in [9.17, 15) is 0 Å². The van der Waals surface area contributed by atoms with Crippen LogP contribution in [0.4, 0.5) is 17.5 Å². The van der Waals surface area contributed by atoms with Gasteiger partial charge in [-0.1, -0.05) is 29.8 Å². The first-order valence-electron chi connectivity index (χ1n) is 7.99. The maximum Gasteiger partial charge on any atom is 0.224 e. The van der Waals surface area contributed by atoms with Crippen molar-refractivity contribution in [3.63, 3.8) is 0 Å². The van der Waals surface area contributed by atoms with Crippen LogP contribution in [0.3, 0.4) is 0 Å². The smallest absolute Gasteiger partial charge is 0.224 e. The average Bonchev–Trinajstić information content (AvgIpc) is 2.67. The SMILES string of the molecule is COc1ccccc1CNc1nccc(Nc2cc(Cl)ccc2OC)n1. The first kappa shape index (κ1) is 17.8. The Morgan fingerprint density at radius 3 is 2.62 bits per heavy atom. The van der Waals surface area contributed by atoms with Crippen molar-refractivity contribution in [2.45, 2.75) is 6.54 Å². The molecule has 7 heteroatoms. The number of para-hydroxylation sites is 1. The molecule has 1 heterocycles. The van der Waals surface area contributed by atoms with Crippen molar-refractivity contribution in [3.05, 3.63) is 65.3 Å². The number of benzene rings is 2. The summed E-state index contributed by atoms with van der Waals surface area (Å²) in [7, 11) is 3.26. The summed E-state index contributed by atoms with van der Waals surface area (Å²) in [5.74, 6) is 2.62. The van der Waals surface area contributed by atoms with Crippen molar-refractivity contribution in [1.82, 2.24) is 9.97 Å². The molecule has 0 saturated heterocycles. The van der Waals surface area contributed by atoms with Crippen LogP contribution in [0.2, 0.25) is 5.02 Å². The number of rotatable bonds is 7. The van der Waals surface area contributed by atoms with E-state index in [0.717, 1.165) is 17.0 Å². The van der Waals surface area contributed by atoms with Crippen LogP contribution in [0, 0.1) is 0 Å². The van der Waals surface area contributed by atoms with Gasteiger partial charge in [0.1, 0.15) is 17.3 Å². The van der Waals surface area contributed by atoms with Gasteiger partial charge in [0.15, 0.2) is 0 Å². The minimum atomic E-state index is 0.502. The maximum atomic E-state index is 6.06. The number of ether oxygens (including phenoxy) is 2. The first-order chi connectivity index (χ1) is 12.7. The first-order valence-corrected chi connectivity index (χ1v) is 8.37. The second-order valence-corrected chi connectivity index (χ2v) is 5.84. The summed E-state index contributed by atoms with van der Waals surface area (Å²) >= 11 is 6.06. The third-order valence-electron chi connectivity index (χ3n) is 3.71. The molecule has 0 bridgehead atoms. The van der Waals surface area contributed by atoms with E-state index in [4.69, 9.17) is 21.1 Å². The lowest BCUT2D eigenvalue weighted by molar-refractivity contribution is 0.410. The summed E-state index contributed by atoms with van der Waals surface area (Å²) in [6, 6.07) is 14.9. The molecule has 0 fully saturated rings. The summed E-state index contributed by atoms with van der Waals surface area (Å²) in [6.45, 7) is 0.550. The second kappa shape index (κ2) is 8.40. The van der Waals surface area contributed by atoms with Gasteiger partial charge in [-0.15, -0.1) is 0 Å². The van der Waals surface area contributed by atoms with Crippen molar-refractivity contribution in [2.24, 2.45) is 0 Å². The van der Waals surface area contributed by atoms with Crippen molar-refractivity contribution in [1.29, 1.82) is 0 Å². The van der Waals surface area contributed by atoms with Gasteiger partial charge in [0.25, 0.3) is 0 Å². The molecule has 0 saturated carbocycles. The molecule has 3 aromatic rings. The number of methoxy groups -OCH3 is 2. The molecule has 26 heavy (non-hydrogen) atoms. The minimum absolute atomic E-state index is 0.502. The number of anilines is 3. The Morgan fingerprint density at radius 2 is 1.81 bits per heavy atom. The third-order valence-corrected chi connectivity index (χ3v) is 3.94. The van der Waals surface area contributed by atoms with E-state index in [-0.39, 0.29) is 0 Å². The zero-order chi connectivity index (χ0) is 18.4. The molecule has 0 aliphatic rings. The van der Waals surface area contributed by atoms with Crippen molar-refractivity contribution >= 4 is 29.1 Å². The van der Waals surface area contributed by atoms with Crippen molar-refractivity contribution in [2.75, 3.05) is 24.9 Å². The van der Waals surface area contributed by atoms with E-state index in [1.165, 1.54) is 0 Å². The lowest BCUT2D eigenvalue weighted by Crippen LogP contribution is -2.06. The summed E-state index contributed by atoms with van der Waals surface area (Å²) in [5.41, 5.74) is 1.75. The largest absolute Gasteiger partial charge is 0.496 e. The van der Waals surface area contributed by atoms with Gasteiger partial charge in [-0.3, -0.25) is 0 Å². The van der Waals surface area contributed by atoms with Crippen LogP contribution in [0.25, 0.3) is 0 Å². The monoisotopic (exact) mass is 370 g/mol. The minimum Gasteiger partial charge on any atom is -0.496 e. The summed E-state index contributed by atoms with van der Waals surface area (Å²) in [6.07, 6.45) is 1.68. The Labute approximate surface area is 157 Å². The van der Waals surface area contributed by atoms with E-state index in [1.54, 1.807) is 44.7 Å². The number of hydrogen-bond donors (Lipinski definition) is 2. The van der Waals surface area contributed by atoms with E-state index in [2.05, 4.69) is 20.6 Å². The van der Waals surface area contributed by atoms with Crippen LogP contribution in [0.15, 0.2) is 54.7 Å². The molecule has 6 nitrogen and oxygen atoms in total. The molecular formula is C19H19ClN4O2. The molecule has 3 rings (SSSR count). The fourth-order valence-corrected chi connectivity index (χ4v) is 2.62. The summed E-state index contributed by atoms with van der Waals surface area (Å²) in [5, 5.41) is 7.01. The molecule has 0 spiro atoms. The van der Waals surface area contributed by atoms with Gasteiger partial charge in [0.2, 0.25) is 5.95 Å². The fraction of sp³-hybridized carbons (Fsp3) is 0.158. The Balaban J connectivity index is 1.73. The number of nitrogens with zero attached hydrogens (tertiary/aromatic N) is 2. The Morgan fingerprint density at radius 1 is 1.00 bits per heavy atom. The number of hydrogen-bond acceptors (Lipinski definition) is 6. The number of nitrogens with one attached hydrogen (secondary N) is 2. The normalized spacial score (nSPS) is 10.3. The number of aromatic nitrogens is 2. The van der Waals surface area contributed by atoms with Gasteiger partial charge < -0.3 is 20.1 Å². The zero-order valence-electron chi connectivity index (χ0n) is 14.5. The van der Waals surface area contributed by atoms with Crippen LogP contribution in [0.1, 0.15) is 5.56 Å². The molecular weight excluding hydrogens is 352 g/mol. The molecule has 134 valence electrons. The predicted molar refractivity (Wildman–Crippen MR) is 104 cm³/mol. The molecule has 2 N–H and O–H groups in total. The van der Waals surface area contributed by atoms with Gasteiger partial charge in [-0.05, 0) is 30.3 Å². The van der Waals surface area contributed by atoms with Crippen LogP contribution in [-0.4, -0.2) is 24.2 Å². The van der Waals surface area contributed by atoms with E-state index >= 15 is 0 Å². The Hall–Kier alpha value is -2.99. The highest BCUT2D eigenvalue weighted by molar-refractivity contribution is 6.31. The van der Waals surface area contributed by atoms with Gasteiger partial charge in [-0.2, -0.15) is 4.98 Å². The van der Waals surface area contributed by atoms with Crippen molar-refractivity contribution < 1.29 is 9.47 Å². The predicted octanol–water partition coefficient (Wildman–Crippen LogP) is 4.50. The maximum absolute atomic E-state index is 6.06. The molecule has 0 aliphatic heterocycles. The quantitative estimate of drug-likeness (QED) is 0.638. The van der Waals surface area contributed by atoms with Crippen LogP contribution < -0.4 is 20.1 Å². The zero-order valence-corrected chi connectivity index (χ0v) is 15.2. The lowest BCUT2D eigenvalue weighted by atomic mass is 10.2. The van der Waals surface area contributed by atoms with Gasteiger partial charge in [-0.25, -0.2) is 4.98 Å². The van der Waals surface area contributed by atoms with E-state index in [0.29, 0.717) is 29.1 Å². The van der Waals surface area contributed by atoms with Gasteiger partial charge >= 0.3 is 0 Å². The lowest BCUT2D eigenvalue weighted by Gasteiger charge is -2.12. The van der Waals surface area contributed by atoms with Crippen LogP contribution in [-0.2, 0) is 6.54 Å². The van der Waals surface area contributed by atoms with Crippen molar-refractivity contribution in [3.8, 4) is 11.5 Å². The summed E-state index contributed by atoms with van der Waals surface area (Å²) < 4.78 is 10.7. The fourth-order valence-electron chi connectivity index (χ4n) is 2.45. The highest BCUT2D eigenvalue weighted by atomic mass is 35.5. The van der Waals surface area contributed by atoms with E-state index in [1.807, 2.05) is 24.3 Å². The molecule has 0 aliphatic carbocycles. The topological polar surface area (TPSA) is 68.3 Å². The number of halogens is 1. The van der Waals surface area contributed by atoms with Crippen LogP contribution in [0.5, 0.6) is 11.5 Å². The molecule has 2 aromatic carbocycles. The van der Waals surface area contributed by atoms with Gasteiger partial charge in [0, 0.05) is 23.3 Å². The van der Waals surface area contributed by atoms with E-state index < -0.39 is 0 Å². The summed E-state index contributed by atoms with van der Waals surface area (Å²) in [4.78, 5) is 8.72. The second-order valence-electron chi connectivity index (χ2n) is 5.40.